The Balaban J connectivity index is 2.72. The van der Waals surface area contributed by atoms with E-state index in [0.29, 0.717) is 11.9 Å². The van der Waals surface area contributed by atoms with E-state index in [1.54, 1.807) is 0 Å². The number of rotatable bonds is 4. The van der Waals surface area contributed by atoms with E-state index >= 15 is 0 Å². The number of nitrogens with one attached hydrogen (secondary N) is 2. The van der Waals surface area contributed by atoms with Crippen LogP contribution in [-0.2, 0) is 0 Å². The molecular weight excluding hydrogens is 154 g/mol. The van der Waals surface area contributed by atoms with Gasteiger partial charge in [0.1, 0.15) is 0 Å². The van der Waals surface area contributed by atoms with Crippen molar-refractivity contribution in [2.45, 2.75) is 32.6 Å². The minimum absolute atomic E-state index is 0.434. The summed E-state index contributed by atoms with van der Waals surface area (Å²) in [4.78, 5) is 4.17. The lowest BCUT2D eigenvalue weighted by atomic mass is 10.0. The summed E-state index contributed by atoms with van der Waals surface area (Å²) in [7, 11) is 0. The largest absolute Gasteiger partial charge is 0.293 e. The molecule has 1 heterocycles. The van der Waals surface area contributed by atoms with Crippen LogP contribution in [0.3, 0.4) is 0 Å². The van der Waals surface area contributed by atoms with Crippen molar-refractivity contribution in [2.24, 2.45) is 5.84 Å². The van der Waals surface area contributed by atoms with Gasteiger partial charge in [-0.05, 0) is 12.8 Å². The maximum absolute atomic E-state index is 5.16. The SMILES string of the molecule is CCC(CC)c1n[nH]c(NN)n1. The molecule has 0 atom stereocenters. The second kappa shape index (κ2) is 4.06. The zero-order valence-corrected chi connectivity index (χ0v) is 7.46. The predicted octanol–water partition coefficient (Wildman–Crippen LogP) is 0.994. The van der Waals surface area contributed by atoms with Gasteiger partial charge in [-0.3, -0.25) is 5.43 Å². The molecule has 0 saturated carbocycles. The van der Waals surface area contributed by atoms with Crippen LogP contribution in [0, 0.1) is 0 Å². The van der Waals surface area contributed by atoms with Gasteiger partial charge in [0.2, 0.25) is 5.95 Å². The van der Waals surface area contributed by atoms with Crippen molar-refractivity contribution in [3.63, 3.8) is 0 Å². The number of nitrogens with two attached hydrogens (primary N) is 1. The van der Waals surface area contributed by atoms with Gasteiger partial charge in [-0.2, -0.15) is 10.1 Å². The van der Waals surface area contributed by atoms with Crippen molar-refractivity contribution < 1.29 is 0 Å². The fourth-order valence-electron chi connectivity index (χ4n) is 1.18. The van der Waals surface area contributed by atoms with Crippen LogP contribution in [0.2, 0.25) is 0 Å². The zero-order chi connectivity index (χ0) is 8.97. The van der Waals surface area contributed by atoms with Gasteiger partial charge in [0.15, 0.2) is 5.82 Å². The van der Waals surface area contributed by atoms with Gasteiger partial charge < -0.3 is 0 Å². The van der Waals surface area contributed by atoms with Crippen molar-refractivity contribution in [1.29, 1.82) is 0 Å². The number of H-pyrrole nitrogens is 1. The molecule has 0 radical (unpaired) electrons. The van der Waals surface area contributed by atoms with Crippen molar-refractivity contribution in [3.05, 3.63) is 5.82 Å². The number of aromatic nitrogens is 3. The Morgan fingerprint density at radius 2 is 2.17 bits per heavy atom. The lowest BCUT2D eigenvalue weighted by Gasteiger charge is -2.05. The third kappa shape index (κ3) is 1.73. The molecule has 1 rings (SSSR count). The summed E-state index contributed by atoms with van der Waals surface area (Å²) in [5.74, 6) is 6.96. The number of nitrogen functional groups attached to an aromatic ring is 1. The second-order valence-electron chi connectivity index (χ2n) is 2.70. The van der Waals surface area contributed by atoms with Crippen molar-refractivity contribution >= 4 is 5.95 Å². The Morgan fingerprint density at radius 3 is 2.58 bits per heavy atom. The molecule has 0 bridgehead atoms. The molecule has 5 nitrogen and oxygen atoms in total. The van der Waals surface area contributed by atoms with E-state index in [0.717, 1.165) is 18.7 Å². The van der Waals surface area contributed by atoms with Crippen LogP contribution < -0.4 is 11.3 Å². The van der Waals surface area contributed by atoms with Gasteiger partial charge in [-0.1, -0.05) is 13.8 Å². The number of hydrogen-bond acceptors (Lipinski definition) is 4. The van der Waals surface area contributed by atoms with Gasteiger partial charge in [-0.25, -0.2) is 10.9 Å². The molecule has 0 aliphatic heterocycles. The molecule has 0 aromatic carbocycles. The first kappa shape index (κ1) is 8.99. The lowest BCUT2D eigenvalue weighted by Crippen LogP contribution is -2.08. The highest BCUT2D eigenvalue weighted by atomic mass is 15.4. The summed E-state index contributed by atoms with van der Waals surface area (Å²) in [5, 5.41) is 6.76. The van der Waals surface area contributed by atoms with E-state index in [4.69, 9.17) is 5.84 Å². The minimum atomic E-state index is 0.434. The highest BCUT2D eigenvalue weighted by Crippen LogP contribution is 2.19. The Labute approximate surface area is 71.7 Å². The normalized spacial score (nSPS) is 10.7. The quantitative estimate of drug-likeness (QED) is 0.464. The molecule has 0 amide bonds. The third-order valence-corrected chi connectivity index (χ3v) is 1.99. The van der Waals surface area contributed by atoms with Crippen molar-refractivity contribution in [2.75, 3.05) is 5.43 Å². The summed E-state index contributed by atoms with van der Waals surface area (Å²) in [6.07, 6.45) is 2.11. The standard InChI is InChI=1S/C7H15N5/c1-3-5(4-2)6-9-7(10-8)12-11-6/h5H,3-4,8H2,1-2H3,(H2,9,10,11,12). The molecule has 0 fully saturated rings. The first-order valence-corrected chi connectivity index (χ1v) is 4.20. The summed E-state index contributed by atoms with van der Waals surface area (Å²) in [6, 6.07) is 0. The predicted molar refractivity (Wildman–Crippen MR) is 47.5 cm³/mol. The Bertz CT molecular complexity index is 227. The minimum Gasteiger partial charge on any atom is -0.293 e. The number of hydrazine groups is 1. The lowest BCUT2D eigenvalue weighted by molar-refractivity contribution is 0.605. The molecule has 0 aliphatic carbocycles. The van der Waals surface area contributed by atoms with E-state index in [9.17, 15) is 0 Å². The van der Waals surface area contributed by atoms with Gasteiger partial charge in [0.25, 0.3) is 0 Å². The van der Waals surface area contributed by atoms with Crippen LogP contribution in [-0.4, -0.2) is 15.2 Å². The van der Waals surface area contributed by atoms with Gasteiger partial charge >= 0.3 is 0 Å². The zero-order valence-electron chi connectivity index (χ0n) is 7.46. The molecule has 1 aromatic heterocycles. The average Bonchev–Trinajstić information content (AvgIpc) is 2.55. The maximum Gasteiger partial charge on any atom is 0.233 e. The molecule has 1 aromatic rings. The van der Waals surface area contributed by atoms with Crippen LogP contribution in [0.1, 0.15) is 38.4 Å². The van der Waals surface area contributed by atoms with Crippen LogP contribution in [0.15, 0.2) is 0 Å². The monoisotopic (exact) mass is 169 g/mol. The fourth-order valence-corrected chi connectivity index (χ4v) is 1.18. The Kier molecular flexibility index (Phi) is 3.04. The van der Waals surface area contributed by atoms with Crippen molar-refractivity contribution in [1.82, 2.24) is 15.2 Å². The molecule has 0 aliphatic rings. The van der Waals surface area contributed by atoms with Crippen LogP contribution >= 0.6 is 0 Å². The molecule has 4 N–H and O–H groups in total. The summed E-state index contributed by atoms with van der Waals surface area (Å²) in [5.41, 5.74) is 2.42. The van der Waals surface area contributed by atoms with E-state index in [1.807, 2.05) is 0 Å². The highest BCUT2D eigenvalue weighted by Gasteiger charge is 2.11. The number of anilines is 1. The summed E-state index contributed by atoms with van der Waals surface area (Å²) in [6.45, 7) is 4.25. The topological polar surface area (TPSA) is 79.6 Å². The molecule has 0 saturated heterocycles. The van der Waals surface area contributed by atoms with E-state index < -0.39 is 0 Å². The number of nitrogens with zero attached hydrogens (tertiary/aromatic N) is 2. The molecule has 0 unspecified atom stereocenters. The highest BCUT2D eigenvalue weighted by molar-refractivity contribution is 5.20. The summed E-state index contributed by atoms with van der Waals surface area (Å²) >= 11 is 0. The molecule has 12 heavy (non-hydrogen) atoms. The summed E-state index contributed by atoms with van der Waals surface area (Å²) < 4.78 is 0. The maximum atomic E-state index is 5.16. The number of aromatic amines is 1. The van der Waals surface area contributed by atoms with Gasteiger partial charge in [0.05, 0.1) is 0 Å². The first-order valence-electron chi connectivity index (χ1n) is 4.20. The molecule has 5 heteroatoms. The van der Waals surface area contributed by atoms with Crippen LogP contribution in [0.25, 0.3) is 0 Å². The fraction of sp³-hybridized carbons (Fsp3) is 0.714. The average molecular weight is 169 g/mol. The van der Waals surface area contributed by atoms with Gasteiger partial charge in [0, 0.05) is 5.92 Å². The molecule has 68 valence electrons. The molecule has 0 spiro atoms. The van der Waals surface area contributed by atoms with E-state index in [1.165, 1.54) is 0 Å². The van der Waals surface area contributed by atoms with Crippen LogP contribution in [0.5, 0.6) is 0 Å². The van der Waals surface area contributed by atoms with E-state index in [-0.39, 0.29) is 0 Å². The first-order chi connectivity index (χ1) is 5.81. The Hall–Kier alpha value is -1.10. The smallest absolute Gasteiger partial charge is 0.233 e. The van der Waals surface area contributed by atoms with Crippen LogP contribution in [0.4, 0.5) is 5.95 Å². The second-order valence-corrected chi connectivity index (χ2v) is 2.70. The van der Waals surface area contributed by atoms with Gasteiger partial charge in [-0.15, -0.1) is 0 Å². The molecular formula is C7H15N5. The van der Waals surface area contributed by atoms with Crippen molar-refractivity contribution in [3.8, 4) is 0 Å². The number of hydrogen-bond donors (Lipinski definition) is 3. The Morgan fingerprint density at radius 1 is 1.50 bits per heavy atom. The third-order valence-electron chi connectivity index (χ3n) is 1.99. The van der Waals surface area contributed by atoms with E-state index in [2.05, 4.69) is 34.5 Å².